The van der Waals surface area contributed by atoms with Gasteiger partial charge in [0.25, 0.3) is 0 Å². The topological polar surface area (TPSA) is 60.9 Å². The Hall–Kier alpha value is -1.82. The summed E-state index contributed by atoms with van der Waals surface area (Å²) in [5, 5.41) is 9.52. The first kappa shape index (κ1) is 15.1. The predicted molar refractivity (Wildman–Crippen MR) is 79.5 cm³/mol. The number of carboxylic acid groups (broad SMARTS) is 1. The molecule has 0 radical (unpaired) electrons. The fourth-order valence-corrected chi connectivity index (χ4v) is 3.12. The predicted octanol–water partition coefficient (Wildman–Crippen LogP) is 1.99. The van der Waals surface area contributed by atoms with Crippen LogP contribution in [0.2, 0.25) is 5.02 Å². The summed E-state index contributed by atoms with van der Waals surface area (Å²) >= 11 is 6.05. The molecule has 1 aliphatic carbocycles. The van der Waals surface area contributed by atoms with E-state index in [1.165, 1.54) is 12.1 Å². The number of carboxylic acids is 1. The Kier molecular flexibility index (Phi) is 3.72. The molecule has 5 nitrogen and oxygen atoms in total. The first-order valence-corrected chi connectivity index (χ1v) is 7.55. The molecule has 1 saturated heterocycles. The molecule has 2 aliphatic rings. The Morgan fingerprint density at radius 2 is 1.82 bits per heavy atom. The molecule has 1 heterocycles. The van der Waals surface area contributed by atoms with Gasteiger partial charge >= 0.3 is 5.97 Å². The second-order valence-corrected chi connectivity index (χ2v) is 6.17. The Morgan fingerprint density at radius 1 is 1.18 bits per heavy atom. The number of aliphatic carboxylic acids is 1. The maximum Gasteiger partial charge on any atom is 0.319 e. The molecule has 1 aromatic carbocycles. The minimum Gasteiger partial charge on any atom is -0.480 e. The zero-order valence-electron chi connectivity index (χ0n) is 11.9. The van der Waals surface area contributed by atoms with Gasteiger partial charge in [0.2, 0.25) is 5.91 Å². The van der Waals surface area contributed by atoms with Crippen LogP contribution < -0.4 is 4.90 Å². The largest absolute Gasteiger partial charge is 0.480 e. The lowest BCUT2D eigenvalue weighted by atomic mass is 10.1. The second kappa shape index (κ2) is 5.43. The summed E-state index contributed by atoms with van der Waals surface area (Å²) in [6.45, 7) is 1.99. The number of rotatable bonds is 3. The van der Waals surface area contributed by atoms with Crippen molar-refractivity contribution in [1.82, 2.24) is 4.90 Å². The van der Waals surface area contributed by atoms with Crippen LogP contribution in [-0.4, -0.2) is 48.1 Å². The van der Waals surface area contributed by atoms with Crippen molar-refractivity contribution in [2.24, 2.45) is 5.41 Å². The molecule has 3 rings (SSSR count). The van der Waals surface area contributed by atoms with Gasteiger partial charge in [0.15, 0.2) is 0 Å². The molecule has 1 aromatic rings. The van der Waals surface area contributed by atoms with Gasteiger partial charge in [-0.15, -0.1) is 0 Å². The summed E-state index contributed by atoms with van der Waals surface area (Å²) in [7, 11) is 0. The fourth-order valence-electron chi connectivity index (χ4n) is 2.84. The van der Waals surface area contributed by atoms with Gasteiger partial charge in [-0.3, -0.25) is 9.59 Å². The highest BCUT2D eigenvalue weighted by Gasteiger charge is 2.58. The van der Waals surface area contributed by atoms with Crippen LogP contribution in [0.15, 0.2) is 18.2 Å². The van der Waals surface area contributed by atoms with Crippen molar-refractivity contribution in [1.29, 1.82) is 0 Å². The average molecular weight is 327 g/mol. The summed E-state index contributed by atoms with van der Waals surface area (Å²) in [5.74, 6) is -1.70. The van der Waals surface area contributed by atoms with Gasteiger partial charge < -0.3 is 14.9 Å². The van der Waals surface area contributed by atoms with Crippen molar-refractivity contribution < 1.29 is 19.1 Å². The van der Waals surface area contributed by atoms with Crippen LogP contribution in [0.5, 0.6) is 0 Å². The molecule has 118 valence electrons. The quantitative estimate of drug-likeness (QED) is 0.863. The van der Waals surface area contributed by atoms with Gasteiger partial charge in [-0.25, -0.2) is 4.39 Å². The third-order valence-corrected chi connectivity index (χ3v) is 4.69. The molecule has 0 atom stereocenters. The van der Waals surface area contributed by atoms with Gasteiger partial charge in [0.05, 0.1) is 10.7 Å². The zero-order valence-corrected chi connectivity index (χ0v) is 12.6. The van der Waals surface area contributed by atoms with Crippen LogP contribution in [0.3, 0.4) is 0 Å². The van der Waals surface area contributed by atoms with Crippen molar-refractivity contribution in [2.75, 3.05) is 31.1 Å². The summed E-state index contributed by atoms with van der Waals surface area (Å²) < 4.78 is 13.1. The van der Waals surface area contributed by atoms with Crippen LogP contribution in [0, 0.1) is 11.2 Å². The summed E-state index contributed by atoms with van der Waals surface area (Å²) in [6, 6.07) is 4.23. The molecule has 0 unspecified atom stereocenters. The number of halogens is 2. The number of anilines is 1. The van der Waals surface area contributed by atoms with Crippen LogP contribution in [-0.2, 0) is 9.59 Å². The standard InChI is InChI=1S/C15H16ClFN2O3/c16-11-9-10(17)1-2-12(11)18-5-7-19(8-6-18)13(20)15(3-4-15)14(21)22/h1-2,9H,3-8H2,(H,21,22). The number of carbonyl (C=O) groups is 2. The number of hydrogen-bond donors (Lipinski definition) is 1. The molecule has 2 fully saturated rings. The van der Waals surface area contributed by atoms with E-state index in [-0.39, 0.29) is 11.7 Å². The minimum atomic E-state index is -1.18. The molecule has 7 heteroatoms. The Morgan fingerprint density at radius 3 is 2.32 bits per heavy atom. The Balaban J connectivity index is 1.65. The van der Waals surface area contributed by atoms with Crippen LogP contribution >= 0.6 is 11.6 Å². The SMILES string of the molecule is O=C(O)C1(C(=O)N2CCN(c3ccc(F)cc3Cl)CC2)CC1. The van der Waals surface area contributed by atoms with Crippen LogP contribution in [0.25, 0.3) is 0 Å². The molecule has 1 N–H and O–H groups in total. The molecule has 0 aromatic heterocycles. The number of piperazine rings is 1. The van der Waals surface area contributed by atoms with Gasteiger partial charge in [0, 0.05) is 26.2 Å². The van der Waals surface area contributed by atoms with E-state index >= 15 is 0 Å². The smallest absolute Gasteiger partial charge is 0.319 e. The lowest BCUT2D eigenvalue weighted by Gasteiger charge is -2.37. The minimum absolute atomic E-state index is 0.287. The highest BCUT2D eigenvalue weighted by molar-refractivity contribution is 6.33. The maximum absolute atomic E-state index is 13.1. The lowest BCUT2D eigenvalue weighted by Crippen LogP contribution is -2.52. The van der Waals surface area contributed by atoms with Gasteiger partial charge in [0.1, 0.15) is 11.2 Å². The van der Waals surface area contributed by atoms with E-state index in [4.69, 9.17) is 11.6 Å². The normalized spacial score (nSPS) is 19.9. The Labute approximate surface area is 132 Å². The number of hydrogen-bond acceptors (Lipinski definition) is 3. The summed E-state index contributed by atoms with van der Waals surface area (Å²) in [5.41, 5.74) is -0.454. The van der Waals surface area contributed by atoms with Crippen molar-refractivity contribution in [2.45, 2.75) is 12.8 Å². The van der Waals surface area contributed by atoms with Crippen molar-refractivity contribution >= 4 is 29.2 Å². The number of amides is 1. The van der Waals surface area contributed by atoms with E-state index in [0.29, 0.717) is 44.0 Å². The Bertz CT molecular complexity index is 625. The first-order valence-electron chi connectivity index (χ1n) is 7.17. The third kappa shape index (κ3) is 2.52. The molecular weight excluding hydrogens is 311 g/mol. The van der Waals surface area contributed by atoms with Crippen molar-refractivity contribution in [3.8, 4) is 0 Å². The van der Waals surface area contributed by atoms with E-state index in [2.05, 4.69) is 0 Å². The fraction of sp³-hybridized carbons (Fsp3) is 0.467. The number of benzene rings is 1. The van der Waals surface area contributed by atoms with Gasteiger partial charge in [-0.2, -0.15) is 0 Å². The van der Waals surface area contributed by atoms with E-state index in [0.717, 1.165) is 5.69 Å². The van der Waals surface area contributed by atoms with E-state index < -0.39 is 11.4 Å². The molecule has 1 amide bonds. The van der Waals surface area contributed by atoms with Gasteiger partial charge in [-0.05, 0) is 31.0 Å². The van der Waals surface area contributed by atoms with Crippen molar-refractivity contribution in [3.05, 3.63) is 29.0 Å². The molecule has 0 bridgehead atoms. The number of nitrogens with zero attached hydrogens (tertiary/aromatic N) is 2. The zero-order chi connectivity index (χ0) is 15.9. The molecule has 0 spiro atoms. The van der Waals surface area contributed by atoms with E-state index in [1.807, 2.05) is 4.90 Å². The molecule has 1 aliphatic heterocycles. The maximum atomic E-state index is 13.1. The summed E-state index contributed by atoms with van der Waals surface area (Å²) in [6.07, 6.45) is 0.844. The molecule has 22 heavy (non-hydrogen) atoms. The van der Waals surface area contributed by atoms with Gasteiger partial charge in [-0.1, -0.05) is 11.6 Å². The van der Waals surface area contributed by atoms with Crippen LogP contribution in [0.4, 0.5) is 10.1 Å². The molecular formula is C15H16ClFN2O3. The average Bonchev–Trinajstić information content (AvgIpc) is 3.28. The third-order valence-electron chi connectivity index (χ3n) is 4.39. The highest BCUT2D eigenvalue weighted by Crippen LogP contribution is 2.47. The van der Waals surface area contributed by atoms with E-state index in [1.54, 1.807) is 11.0 Å². The van der Waals surface area contributed by atoms with Crippen LogP contribution in [0.1, 0.15) is 12.8 Å². The van der Waals surface area contributed by atoms with E-state index in [9.17, 15) is 19.1 Å². The highest BCUT2D eigenvalue weighted by atomic mass is 35.5. The lowest BCUT2D eigenvalue weighted by molar-refractivity contribution is -0.153. The molecule has 1 saturated carbocycles. The number of carbonyl (C=O) groups excluding carboxylic acids is 1. The summed E-state index contributed by atoms with van der Waals surface area (Å²) in [4.78, 5) is 27.1. The second-order valence-electron chi connectivity index (χ2n) is 5.76. The first-order chi connectivity index (χ1) is 10.4. The van der Waals surface area contributed by atoms with Crippen molar-refractivity contribution in [3.63, 3.8) is 0 Å². The monoisotopic (exact) mass is 326 g/mol.